The summed E-state index contributed by atoms with van der Waals surface area (Å²) in [5, 5.41) is 0. The molecule has 0 radical (unpaired) electrons. The SMILES string of the molecule is O=S(=O)(CCC(F)(F)F)N1C[C@H]2CN(C3=NCN4CCC=C34)C[C@H]2C1. The van der Waals surface area contributed by atoms with Crippen LogP contribution in [0.4, 0.5) is 13.2 Å². The quantitative estimate of drug-likeness (QED) is 0.738. The molecule has 2 fully saturated rings. The van der Waals surface area contributed by atoms with Gasteiger partial charge in [-0.1, -0.05) is 6.08 Å². The molecule has 0 aliphatic carbocycles. The van der Waals surface area contributed by atoms with Gasteiger partial charge < -0.3 is 9.80 Å². The number of fused-ring (bicyclic) bond motifs is 2. The molecule has 4 rings (SSSR count). The minimum atomic E-state index is -4.44. The van der Waals surface area contributed by atoms with Gasteiger partial charge in [0.25, 0.3) is 0 Å². The molecule has 0 amide bonds. The Balaban J connectivity index is 1.36. The van der Waals surface area contributed by atoms with Gasteiger partial charge in [0.05, 0.1) is 17.9 Å². The van der Waals surface area contributed by atoms with Gasteiger partial charge in [0.15, 0.2) is 0 Å². The van der Waals surface area contributed by atoms with Gasteiger partial charge in [-0.25, -0.2) is 17.7 Å². The summed E-state index contributed by atoms with van der Waals surface area (Å²) in [6, 6.07) is 0. The molecule has 0 unspecified atom stereocenters. The molecule has 0 saturated carbocycles. The van der Waals surface area contributed by atoms with E-state index in [1.165, 1.54) is 10.0 Å². The van der Waals surface area contributed by atoms with E-state index in [2.05, 4.69) is 20.9 Å². The zero-order valence-electron chi connectivity index (χ0n) is 13.7. The highest BCUT2D eigenvalue weighted by atomic mass is 32.2. The van der Waals surface area contributed by atoms with Gasteiger partial charge in [-0.2, -0.15) is 13.2 Å². The van der Waals surface area contributed by atoms with Crippen LogP contribution in [-0.4, -0.2) is 79.7 Å². The summed E-state index contributed by atoms with van der Waals surface area (Å²) < 4.78 is 62.6. The predicted molar refractivity (Wildman–Crippen MR) is 86.3 cm³/mol. The normalized spacial score (nSPS) is 29.9. The van der Waals surface area contributed by atoms with Crippen LogP contribution in [0.2, 0.25) is 0 Å². The first-order valence-corrected chi connectivity index (χ1v) is 10.1. The Kier molecular flexibility index (Phi) is 4.02. The van der Waals surface area contributed by atoms with E-state index in [1.807, 2.05) is 0 Å². The number of rotatable bonds is 3. The summed E-state index contributed by atoms with van der Waals surface area (Å²) in [4.78, 5) is 9.05. The monoisotopic (exact) mass is 378 g/mol. The van der Waals surface area contributed by atoms with E-state index < -0.39 is 28.4 Å². The zero-order chi connectivity index (χ0) is 17.8. The first-order chi connectivity index (χ1) is 11.7. The van der Waals surface area contributed by atoms with E-state index >= 15 is 0 Å². The van der Waals surface area contributed by atoms with Gasteiger partial charge in [0.1, 0.15) is 12.5 Å². The van der Waals surface area contributed by atoms with Crippen LogP contribution in [0.3, 0.4) is 0 Å². The van der Waals surface area contributed by atoms with Crippen molar-refractivity contribution in [3.8, 4) is 0 Å². The molecule has 0 aromatic rings. The molecule has 0 N–H and O–H groups in total. The highest BCUT2D eigenvalue weighted by molar-refractivity contribution is 7.89. The number of sulfonamides is 1. The van der Waals surface area contributed by atoms with Crippen LogP contribution in [0.15, 0.2) is 16.8 Å². The van der Waals surface area contributed by atoms with Gasteiger partial charge in [0.2, 0.25) is 10.0 Å². The zero-order valence-corrected chi connectivity index (χ0v) is 14.6. The largest absolute Gasteiger partial charge is 0.390 e. The highest BCUT2D eigenvalue weighted by Gasteiger charge is 2.46. The van der Waals surface area contributed by atoms with Gasteiger partial charge in [-0.05, 0) is 18.3 Å². The Labute approximate surface area is 145 Å². The number of nitrogens with zero attached hydrogens (tertiary/aromatic N) is 4. The van der Waals surface area contributed by atoms with Crippen molar-refractivity contribution in [2.24, 2.45) is 16.8 Å². The van der Waals surface area contributed by atoms with Crippen molar-refractivity contribution in [1.29, 1.82) is 0 Å². The molecule has 25 heavy (non-hydrogen) atoms. The van der Waals surface area contributed by atoms with E-state index in [-0.39, 0.29) is 11.8 Å². The maximum Gasteiger partial charge on any atom is 0.390 e. The van der Waals surface area contributed by atoms with Gasteiger partial charge in [-0.3, -0.25) is 0 Å². The second kappa shape index (κ2) is 5.87. The van der Waals surface area contributed by atoms with Crippen LogP contribution in [0.5, 0.6) is 0 Å². The van der Waals surface area contributed by atoms with Crippen LogP contribution in [-0.2, 0) is 10.0 Å². The predicted octanol–water partition coefficient (Wildman–Crippen LogP) is 1.09. The molecule has 6 nitrogen and oxygen atoms in total. The summed E-state index contributed by atoms with van der Waals surface area (Å²) >= 11 is 0. The lowest BCUT2D eigenvalue weighted by Crippen LogP contribution is -2.37. The number of hydrogen-bond donors (Lipinski definition) is 0. The Hall–Kier alpha value is -1.29. The van der Waals surface area contributed by atoms with Gasteiger partial charge >= 0.3 is 6.18 Å². The fourth-order valence-electron chi connectivity index (χ4n) is 4.21. The highest BCUT2D eigenvalue weighted by Crippen LogP contribution is 2.36. The minimum Gasteiger partial charge on any atom is -0.354 e. The third kappa shape index (κ3) is 3.25. The second-order valence-electron chi connectivity index (χ2n) is 7.19. The summed E-state index contributed by atoms with van der Waals surface area (Å²) in [6.07, 6.45) is -2.51. The average Bonchev–Trinajstić information content (AvgIpc) is 3.22. The average molecular weight is 378 g/mol. The Morgan fingerprint density at radius 3 is 2.44 bits per heavy atom. The number of halogens is 3. The van der Waals surface area contributed by atoms with Crippen LogP contribution in [0, 0.1) is 11.8 Å². The van der Waals surface area contributed by atoms with Gasteiger partial charge in [0, 0.05) is 32.7 Å². The van der Waals surface area contributed by atoms with E-state index in [1.54, 1.807) is 0 Å². The van der Waals surface area contributed by atoms with Crippen molar-refractivity contribution in [3.05, 3.63) is 11.8 Å². The molecule has 2 saturated heterocycles. The molecule has 4 aliphatic rings. The number of aliphatic imine (C=N–C) groups is 1. The molecule has 0 aromatic carbocycles. The Bertz CT molecular complexity index is 705. The maximum absolute atomic E-state index is 12.3. The Morgan fingerprint density at radius 1 is 1.12 bits per heavy atom. The lowest BCUT2D eigenvalue weighted by molar-refractivity contribution is -0.130. The van der Waals surface area contributed by atoms with Crippen molar-refractivity contribution < 1.29 is 21.6 Å². The van der Waals surface area contributed by atoms with Crippen molar-refractivity contribution in [2.75, 3.05) is 45.1 Å². The number of likely N-dealkylation sites (tertiary alicyclic amines) is 1. The van der Waals surface area contributed by atoms with Crippen molar-refractivity contribution in [1.82, 2.24) is 14.1 Å². The molecule has 0 bridgehead atoms. The van der Waals surface area contributed by atoms with E-state index in [0.717, 1.165) is 31.9 Å². The first-order valence-electron chi connectivity index (χ1n) is 8.52. The molecule has 4 aliphatic heterocycles. The minimum absolute atomic E-state index is 0.166. The topological polar surface area (TPSA) is 56.2 Å². The van der Waals surface area contributed by atoms with Crippen LogP contribution >= 0.6 is 0 Å². The van der Waals surface area contributed by atoms with Gasteiger partial charge in [-0.15, -0.1) is 0 Å². The summed E-state index contributed by atoms with van der Waals surface area (Å²) in [5.74, 6) is 0.478. The first kappa shape index (κ1) is 17.1. The van der Waals surface area contributed by atoms with Crippen molar-refractivity contribution in [2.45, 2.75) is 19.0 Å². The fourth-order valence-corrected chi connectivity index (χ4v) is 5.79. The third-order valence-electron chi connectivity index (χ3n) is 5.49. The standard InChI is InChI=1S/C15H21F3N4O2S/c16-15(17,18)3-5-25(23,24)22-8-11-6-21(7-12(11)9-22)14-13-2-1-4-20(13)10-19-14/h2,11-12H,1,3-10H2/t11-,12+. The summed E-state index contributed by atoms with van der Waals surface area (Å²) in [7, 11) is -3.84. The van der Waals surface area contributed by atoms with Crippen molar-refractivity contribution in [3.63, 3.8) is 0 Å². The smallest absolute Gasteiger partial charge is 0.354 e. The lowest BCUT2D eigenvalue weighted by atomic mass is 10.0. The fraction of sp³-hybridized carbons (Fsp3) is 0.800. The number of hydrogen-bond acceptors (Lipinski definition) is 5. The molecule has 2 atom stereocenters. The Morgan fingerprint density at radius 2 is 1.80 bits per heavy atom. The third-order valence-corrected chi connectivity index (χ3v) is 7.29. The van der Waals surface area contributed by atoms with Crippen LogP contribution in [0.1, 0.15) is 12.8 Å². The molecule has 0 spiro atoms. The van der Waals surface area contributed by atoms with Crippen molar-refractivity contribution >= 4 is 15.9 Å². The molecule has 10 heteroatoms. The van der Waals surface area contributed by atoms with Crippen LogP contribution in [0.25, 0.3) is 0 Å². The molecular formula is C15H21F3N4O2S. The molecule has 140 valence electrons. The van der Waals surface area contributed by atoms with E-state index in [4.69, 9.17) is 0 Å². The summed E-state index contributed by atoms with van der Waals surface area (Å²) in [5.41, 5.74) is 1.18. The molecule has 0 aromatic heterocycles. The maximum atomic E-state index is 12.3. The second-order valence-corrected chi connectivity index (χ2v) is 9.28. The molecule has 4 heterocycles. The number of alkyl halides is 3. The van der Waals surface area contributed by atoms with E-state index in [0.29, 0.717) is 19.8 Å². The summed E-state index contributed by atoms with van der Waals surface area (Å²) in [6.45, 7) is 3.76. The van der Waals surface area contributed by atoms with E-state index in [9.17, 15) is 21.6 Å². The number of amidine groups is 1. The lowest BCUT2D eigenvalue weighted by Gasteiger charge is -2.24. The molecular weight excluding hydrogens is 357 g/mol. The van der Waals surface area contributed by atoms with Crippen LogP contribution < -0.4 is 0 Å².